The average molecular weight is 218 g/mol. The van der Waals surface area contributed by atoms with Gasteiger partial charge in [0, 0.05) is 25.3 Å². The van der Waals surface area contributed by atoms with Gasteiger partial charge in [-0.05, 0) is 42.9 Å². The molecule has 1 aromatic heterocycles. The quantitative estimate of drug-likeness (QED) is 0.594. The third-order valence-electron chi connectivity index (χ3n) is 3.88. The number of likely N-dealkylation sites (tertiary alicyclic amines) is 1. The van der Waals surface area contributed by atoms with E-state index >= 15 is 0 Å². The maximum absolute atomic E-state index is 5.36. The lowest BCUT2D eigenvalue weighted by molar-refractivity contribution is 0.205. The van der Waals surface area contributed by atoms with Crippen molar-refractivity contribution in [1.29, 1.82) is 0 Å². The number of fused-ring (bicyclic) bond motifs is 2. The summed E-state index contributed by atoms with van der Waals surface area (Å²) >= 11 is 0. The third-order valence-corrected chi connectivity index (χ3v) is 3.88. The van der Waals surface area contributed by atoms with Crippen molar-refractivity contribution < 1.29 is 0 Å². The van der Waals surface area contributed by atoms with Crippen LogP contribution in [0.5, 0.6) is 0 Å². The van der Waals surface area contributed by atoms with Crippen LogP contribution in [-0.4, -0.2) is 22.5 Å². The predicted octanol–water partition coefficient (Wildman–Crippen LogP) is 1.35. The number of nitrogens with one attached hydrogen (secondary N) is 1. The summed E-state index contributed by atoms with van der Waals surface area (Å²) in [7, 11) is 0. The van der Waals surface area contributed by atoms with Crippen molar-refractivity contribution in [3.8, 4) is 0 Å². The zero-order valence-corrected chi connectivity index (χ0v) is 9.39. The molecule has 1 aliphatic carbocycles. The molecule has 0 aromatic carbocycles. The lowest BCUT2D eigenvalue weighted by Crippen LogP contribution is -2.31. The number of piperidine rings is 1. The SMILES string of the molecule is NNc1cc(CN2CC3CCC2C3)ccn1. The van der Waals surface area contributed by atoms with Gasteiger partial charge in [-0.15, -0.1) is 0 Å². The second kappa shape index (κ2) is 4.03. The van der Waals surface area contributed by atoms with Crippen LogP contribution in [0.1, 0.15) is 24.8 Å². The molecule has 1 aliphatic heterocycles. The van der Waals surface area contributed by atoms with Crippen LogP contribution in [0.3, 0.4) is 0 Å². The molecule has 3 rings (SSSR count). The fraction of sp³-hybridized carbons (Fsp3) is 0.583. The number of nitrogens with zero attached hydrogens (tertiary/aromatic N) is 2. The van der Waals surface area contributed by atoms with Gasteiger partial charge in [0.05, 0.1) is 0 Å². The monoisotopic (exact) mass is 218 g/mol. The Hall–Kier alpha value is -1.13. The van der Waals surface area contributed by atoms with Crippen LogP contribution >= 0.6 is 0 Å². The second-order valence-corrected chi connectivity index (χ2v) is 4.96. The first-order chi connectivity index (χ1) is 7.85. The molecule has 2 aliphatic rings. The number of rotatable bonds is 3. The number of nitrogens with two attached hydrogens (primary N) is 1. The van der Waals surface area contributed by atoms with Crippen LogP contribution in [0.4, 0.5) is 5.82 Å². The Kier molecular flexibility index (Phi) is 2.53. The van der Waals surface area contributed by atoms with Crippen molar-refractivity contribution in [3.63, 3.8) is 0 Å². The van der Waals surface area contributed by atoms with E-state index in [9.17, 15) is 0 Å². The molecule has 0 amide bonds. The van der Waals surface area contributed by atoms with Gasteiger partial charge in [-0.25, -0.2) is 10.8 Å². The largest absolute Gasteiger partial charge is 0.308 e. The van der Waals surface area contributed by atoms with Gasteiger partial charge in [0.1, 0.15) is 5.82 Å². The molecule has 3 N–H and O–H groups in total. The molecule has 4 heteroatoms. The van der Waals surface area contributed by atoms with Gasteiger partial charge in [0.25, 0.3) is 0 Å². The van der Waals surface area contributed by atoms with Crippen molar-refractivity contribution in [3.05, 3.63) is 23.9 Å². The summed E-state index contributed by atoms with van der Waals surface area (Å²) < 4.78 is 0. The number of anilines is 1. The van der Waals surface area contributed by atoms with Gasteiger partial charge >= 0.3 is 0 Å². The van der Waals surface area contributed by atoms with E-state index in [2.05, 4.69) is 21.4 Å². The lowest BCUT2D eigenvalue weighted by atomic mass is 10.1. The molecular weight excluding hydrogens is 200 g/mol. The van der Waals surface area contributed by atoms with Crippen LogP contribution in [0.25, 0.3) is 0 Å². The summed E-state index contributed by atoms with van der Waals surface area (Å²) in [5.41, 5.74) is 3.90. The molecule has 1 aromatic rings. The van der Waals surface area contributed by atoms with Crippen molar-refractivity contribution in [2.24, 2.45) is 11.8 Å². The molecule has 2 unspecified atom stereocenters. The Morgan fingerprint density at radius 3 is 3.12 bits per heavy atom. The van der Waals surface area contributed by atoms with Crippen molar-refractivity contribution >= 4 is 5.82 Å². The van der Waals surface area contributed by atoms with E-state index in [4.69, 9.17) is 5.84 Å². The third kappa shape index (κ3) is 1.79. The average Bonchev–Trinajstić information content (AvgIpc) is 2.91. The van der Waals surface area contributed by atoms with Gasteiger partial charge in [0.2, 0.25) is 0 Å². The van der Waals surface area contributed by atoms with Gasteiger partial charge in [-0.1, -0.05) is 0 Å². The fourth-order valence-corrected chi connectivity index (χ4v) is 3.11. The van der Waals surface area contributed by atoms with Crippen LogP contribution in [0, 0.1) is 5.92 Å². The molecule has 86 valence electrons. The van der Waals surface area contributed by atoms with E-state index in [1.54, 1.807) is 0 Å². The molecule has 2 fully saturated rings. The van der Waals surface area contributed by atoms with E-state index in [0.717, 1.165) is 24.3 Å². The maximum Gasteiger partial charge on any atom is 0.140 e. The topological polar surface area (TPSA) is 54.2 Å². The first-order valence-electron chi connectivity index (χ1n) is 6.01. The summed E-state index contributed by atoms with van der Waals surface area (Å²) in [6.45, 7) is 2.32. The summed E-state index contributed by atoms with van der Waals surface area (Å²) in [6.07, 6.45) is 6.05. The van der Waals surface area contributed by atoms with Gasteiger partial charge in [-0.2, -0.15) is 0 Å². The predicted molar refractivity (Wildman–Crippen MR) is 63.6 cm³/mol. The molecule has 1 saturated heterocycles. The number of hydrazine groups is 1. The van der Waals surface area contributed by atoms with Crippen LogP contribution in [0.2, 0.25) is 0 Å². The highest BCUT2D eigenvalue weighted by Gasteiger charge is 2.37. The van der Waals surface area contributed by atoms with E-state index in [-0.39, 0.29) is 0 Å². The summed E-state index contributed by atoms with van der Waals surface area (Å²) in [6, 6.07) is 4.94. The Balaban J connectivity index is 1.69. The minimum absolute atomic E-state index is 0.752. The number of hydrogen-bond donors (Lipinski definition) is 2. The minimum atomic E-state index is 0.752. The fourth-order valence-electron chi connectivity index (χ4n) is 3.11. The Morgan fingerprint density at radius 2 is 2.44 bits per heavy atom. The molecule has 2 bridgehead atoms. The van der Waals surface area contributed by atoms with E-state index in [1.165, 1.54) is 31.4 Å². The number of hydrogen-bond acceptors (Lipinski definition) is 4. The van der Waals surface area contributed by atoms with Crippen LogP contribution < -0.4 is 11.3 Å². The first kappa shape index (κ1) is 10.1. The van der Waals surface area contributed by atoms with Crippen molar-refractivity contribution in [2.45, 2.75) is 31.8 Å². The highest BCUT2D eigenvalue weighted by atomic mass is 15.2. The highest BCUT2D eigenvalue weighted by molar-refractivity contribution is 5.35. The Morgan fingerprint density at radius 1 is 1.50 bits per heavy atom. The molecule has 0 spiro atoms. The molecule has 4 nitrogen and oxygen atoms in total. The summed E-state index contributed by atoms with van der Waals surface area (Å²) in [4.78, 5) is 6.73. The Bertz CT molecular complexity index is 379. The minimum Gasteiger partial charge on any atom is -0.308 e. The van der Waals surface area contributed by atoms with Gasteiger partial charge < -0.3 is 5.43 Å². The standard InChI is InChI=1S/C12H18N4/c13-15-12-6-10(3-4-14-12)8-16-7-9-1-2-11(16)5-9/h3-4,6,9,11H,1-2,5,7-8,13H2,(H,14,15). The lowest BCUT2D eigenvalue weighted by Gasteiger charge is -2.26. The zero-order valence-electron chi connectivity index (χ0n) is 9.39. The number of aromatic nitrogens is 1. The first-order valence-corrected chi connectivity index (χ1v) is 6.01. The normalized spacial score (nSPS) is 28.6. The van der Waals surface area contributed by atoms with E-state index in [1.807, 2.05) is 12.3 Å². The van der Waals surface area contributed by atoms with Crippen molar-refractivity contribution in [2.75, 3.05) is 12.0 Å². The number of pyridine rings is 1. The zero-order chi connectivity index (χ0) is 11.0. The second-order valence-electron chi connectivity index (χ2n) is 4.96. The molecule has 1 saturated carbocycles. The molecular formula is C12H18N4. The molecule has 16 heavy (non-hydrogen) atoms. The smallest absolute Gasteiger partial charge is 0.140 e. The van der Waals surface area contributed by atoms with Crippen molar-refractivity contribution in [1.82, 2.24) is 9.88 Å². The molecule has 2 atom stereocenters. The van der Waals surface area contributed by atoms with Crippen LogP contribution in [-0.2, 0) is 6.54 Å². The van der Waals surface area contributed by atoms with E-state index in [0.29, 0.717) is 0 Å². The van der Waals surface area contributed by atoms with Gasteiger partial charge in [-0.3, -0.25) is 4.90 Å². The molecule has 2 heterocycles. The summed E-state index contributed by atoms with van der Waals surface area (Å²) in [5, 5.41) is 0. The van der Waals surface area contributed by atoms with E-state index < -0.39 is 0 Å². The maximum atomic E-state index is 5.36. The highest BCUT2D eigenvalue weighted by Crippen LogP contribution is 2.38. The number of nitrogen functional groups attached to an aromatic ring is 1. The Labute approximate surface area is 95.8 Å². The van der Waals surface area contributed by atoms with Gasteiger partial charge in [0.15, 0.2) is 0 Å². The molecule has 0 radical (unpaired) electrons. The van der Waals surface area contributed by atoms with Crippen LogP contribution in [0.15, 0.2) is 18.3 Å². The summed E-state index contributed by atoms with van der Waals surface area (Å²) in [5.74, 6) is 7.07.